The van der Waals surface area contributed by atoms with E-state index in [1.807, 2.05) is 13.8 Å². The number of allylic oxidation sites excluding steroid dienone is 2. The van der Waals surface area contributed by atoms with Crippen LogP contribution in [-0.4, -0.2) is 6.21 Å². The molecule has 0 radical (unpaired) electrons. The lowest BCUT2D eigenvalue weighted by molar-refractivity contribution is 1.27. The van der Waals surface area contributed by atoms with Crippen LogP contribution in [0.3, 0.4) is 0 Å². The number of aliphatic imine (C=N–C) groups is 1. The minimum atomic E-state index is 0.804. The summed E-state index contributed by atoms with van der Waals surface area (Å²) in [5.74, 6) is 0. The molecule has 0 fully saturated rings. The summed E-state index contributed by atoms with van der Waals surface area (Å²) in [6, 6.07) is 0. The molecule has 0 aliphatic carbocycles. The molecule has 0 spiro atoms. The standard InChI is InChI=1S/C7H12N2/c1-6(2)5-9-7(3)4-8/h4-5H,1,8H2,2-3H3/b7-4-,9-5?. The Balaban J connectivity index is 3.86. The number of nitrogens with zero attached hydrogens (tertiary/aromatic N) is 1. The zero-order valence-electron chi connectivity index (χ0n) is 5.89. The van der Waals surface area contributed by atoms with Crippen molar-refractivity contribution in [3.05, 3.63) is 24.0 Å². The van der Waals surface area contributed by atoms with Crippen molar-refractivity contribution in [1.29, 1.82) is 0 Å². The van der Waals surface area contributed by atoms with Gasteiger partial charge in [0.05, 0.1) is 5.70 Å². The Morgan fingerprint density at radius 1 is 1.56 bits per heavy atom. The van der Waals surface area contributed by atoms with Crippen molar-refractivity contribution in [3.63, 3.8) is 0 Å². The van der Waals surface area contributed by atoms with Gasteiger partial charge in [-0.1, -0.05) is 6.58 Å². The third-order valence-electron chi connectivity index (χ3n) is 0.730. The highest BCUT2D eigenvalue weighted by Crippen LogP contribution is 1.90. The van der Waals surface area contributed by atoms with E-state index in [-0.39, 0.29) is 0 Å². The molecule has 0 aromatic heterocycles. The highest BCUT2D eigenvalue weighted by Gasteiger charge is 1.77. The van der Waals surface area contributed by atoms with Crippen LogP contribution in [0.25, 0.3) is 0 Å². The average Bonchev–Trinajstić information content (AvgIpc) is 1.83. The zero-order valence-corrected chi connectivity index (χ0v) is 5.89. The third kappa shape index (κ3) is 4.81. The Labute approximate surface area is 55.8 Å². The predicted molar refractivity (Wildman–Crippen MR) is 41.3 cm³/mol. The number of hydrogen-bond donors (Lipinski definition) is 1. The molecule has 0 saturated carbocycles. The molecule has 0 unspecified atom stereocenters. The van der Waals surface area contributed by atoms with Gasteiger partial charge in [0.25, 0.3) is 0 Å². The van der Waals surface area contributed by atoms with Gasteiger partial charge in [-0.2, -0.15) is 0 Å². The van der Waals surface area contributed by atoms with E-state index >= 15 is 0 Å². The smallest absolute Gasteiger partial charge is 0.0526 e. The molecule has 9 heavy (non-hydrogen) atoms. The quantitative estimate of drug-likeness (QED) is 0.556. The van der Waals surface area contributed by atoms with Gasteiger partial charge in [-0.15, -0.1) is 0 Å². The highest BCUT2D eigenvalue weighted by atomic mass is 14.7. The molecule has 0 aromatic carbocycles. The van der Waals surface area contributed by atoms with Crippen molar-refractivity contribution in [3.8, 4) is 0 Å². The van der Waals surface area contributed by atoms with Crippen LogP contribution < -0.4 is 5.73 Å². The lowest BCUT2D eigenvalue weighted by Gasteiger charge is -1.86. The summed E-state index contributed by atoms with van der Waals surface area (Å²) in [5, 5.41) is 0. The molecule has 0 aliphatic rings. The lowest BCUT2D eigenvalue weighted by Crippen LogP contribution is -1.82. The summed E-state index contributed by atoms with van der Waals surface area (Å²) in [4.78, 5) is 3.95. The topological polar surface area (TPSA) is 38.4 Å². The summed E-state index contributed by atoms with van der Waals surface area (Å²) < 4.78 is 0. The molecule has 0 amide bonds. The first-order chi connectivity index (χ1) is 4.16. The third-order valence-corrected chi connectivity index (χ3v) is 0.730. The maximum atomic E-state index is 5.15. The Kier molecular flexibility index (Phi) is 3.44. The summed E-state index contributed by atoms with van der Waals surface area (Å²) in [5.41, 5.74) is 6.88. The van der Waals surface area contributed by atoms with Gasteiger partial charge in [-0.3, -0.25) is 4.99 Å². The SMILES string of the molecule is C=C(C)C=N/C(C)=C\N. The van der Waals surface area contributed by atoms with Gasteiger partial charge in [0.2, 0.25) is 0 Å². The van der Waals surface area contributed by atoms with Crippen molar-refractivity contribution in [2.45, 2.75) is 13.8 Å². The molecular weight excluding hydrogens is 112 g/mol. The molecule has 0 aromatic rings. The van der Waals surface area contributed by atoms with E-state index in [0.29, 0.717) is 0 Å². The van der Waals surface area contributed by atoms with Crippen molar-refractivity contribution in [2.24, 2.45) is 10.7 Å². The second-order valence-electron chi connectivity index (χ2n) is 1.91. The van der Waals surface area contributed by atoms with E-state index < -0.39 is 0 Å². The minimum Gasteiger partial charge on any atom is -0.403 e. The Morgan fingerprint density at radius 3 is 2.44 bits per heavy atom. The normalized spacial score (nSPS) is 12.4. The van der Waals surface area contributed by atoms with Gasteiger partial charge in [0.15, 0.2) is 0 Å². The van der Waals surface area contributed by atoms with Crippen LogP contribution in [0, 0.1) is 0 Å². The largest absolute Gasteiger partial charge is 0.403 e. The Bertz CT molecular complexity index is 154. The van der Waals surface area contributed by atoms with E-state index in [1.54, 1.807) is 6.21 Å². The van der Waals surface area contributed by atoms with Crippen LogP contribution in [0.2, 0.25) is 0 Å². The van der Waals surface area contributed by atoms with E-state index in [0.717, 1.165) is 11.3 Å². The van der Waals surface area contributed by atoms with Crippen molar-refractivity contribution < 1.29 is 0 Å². The van der Waals surface area contributed by atoms with Crippen LogP contribution >= 0.6 is 0 Å². The van der Waals surface area contributed by atoms with Gasteiger partial charge in [0, 0.05) is 12.4 Å². The minimum absolute atomic E-state index is 0.804. The van der Waals surface area contributed by atoms with Gasteiger partial charge in [0.1, 0.15) is 0 Å². The molecule has 2 heteroatoms. The summed E-state index contributed by atoms with van der Waals surface area (Å²) in [6.45, 7) is 7.36. The number of hydrogen-bond acceptors (Lipinski definition) is 2. The van der Waals surface area contributed by atoms with Crippen LogP contribution in [0.1, 0.15) is 13.8 Å². The van der Waals surface area contributed by atoms with Gasteiger partial charge >= 0.3 is 0 Å². The second kappa shape index (κ2) is 3.89. The van der Waals surface area contributed by atoms with Gasteiger partial charge in [-0.05, 0) is 19.4 Å². The second-order valence-corrected chi connectivity index (χ2v) is 1.91. The first-order valence-electron chi connectivity index (χ1n) is 2.75. The van der Waals surface area contributed by atoms with Crippen LogP contribution in [0.4, 0.5) is 0 Å². The summed E-state index contributed by atoms with van der Waals surface area (Å²) >= 11 is 0. The first kappa shape index (κ1) is 7.95. The van der Waals surface area contributed by atoms with Crippen molar-refractivity contribution >= 4 is 6.21 Å². The average molecular weight is 124 g/mol. The lowest BCUT2D eigenvalue weighted by atomic mass is 10.4. The molecule has 0 atom stereocenters. The molecular formula is C7H12N2. The monoisotopic (exact) mass is 124 g/mol. The fourth-order valence-electron chi connectivity index (χ4n) is 0.255. The Morgan fingerprint density at radius 2 is 2.11 bits per heavy atom. The Hall–Kier alpha value is -1.05. The molecule has 0 heterocycles. The molecule has 0 bridgehead atoms. The highest BCUT2D eigenvalue weighted by molar-refractivity contribution is 5.77. The van der Waals surface area contributed by atoms with E-state index in [1.165, 1.54) is 6.20 Å². The fraction of sp³-hybridized carbons (Fsp3) is 0.286. The van der Waals surface area contributed by atoms with Crippen LogP contribution in [0.5, 0.6) is 0 Å². The summed E-state index contributed by atoms with van der Waals surface area (Å²) in [7, 11) is 0. The molecule has 0 rings (SSSR count). The van der Waals surface area contributed by atoms with E-state index in [9.17, 15) is 0 Å². The number of nitrogens with two attached hydrogens (primary N) is 1. The molecule has 0 aliphatic heterocycles. The van der Waals surface area contributed by atoms with Gasteiger partial charge in [-0.25, -0.2) is 0 Å². The van der Waals surface area contributed by atoms with E-state index in [4.69, 9.17) is 5.73 Å². The zero-order chi connectivity index (χ0) is 7.28. The predicted octanol–water partition coefficient (Wildman–Crippen LogP) is 1.45. The fourth-order valence-corrected chi connectivity index (χ4v) is 0.255. The molecule has 2 nitrogen and oxygen atoms in total. The maximum absolute atomic E-state index is 5.15. The summed E-state index contributed by atoms with van der Waals surface area (Å²) in [6.07, 6.45) is 3.14. The van der Waals surface area contributed by atoms with Crippen molar-refractivity contribution in [2.75, 3.05) is 0 Å². The molecule has 0 saturated heterocycles. The van der Waals surface area contributed by atoms with Crippen molar-refractivity contribution in [1.82, 2.24) is 0 Å². The molecule has 2 N–H and O–H groups in total. The molecule has 50 valence electrons. The van der Waals surface area contributed by atoms with Crippen LogP contribution in [0.15, 0.2) is 29.0 Å². The van der Waals surface area contributed by atoms with Crippen LogP contribution in [-0.2, 0) is 0 Å². The first-order valence-corrected chi connectivity index (χ1v) is 2.75. The number of rotatable bonds is 2. The van der Waals surface area contributed by atoms with Gasteiger partial charge < -0.3 is 5.73 Å². The maximum Gasteiger partial charge on any atom is 0.0526 e. The van der Waals surface area contributed by atoms with E-state index in [2.05, 4.69) is 11.6 Å².